The van der Waals surface area contributed by atoms with Crippen LogP contribution in [0.25, 0.3) is 10.1 Å². The highest BCUT2D eigenvalue weighted by molar-refractivity contribution is 7.19. The maximum atomic E-state index is 11.9. The van der Waals surface area contributed by atoms with Gasteiger partial charge in [-0.1, -0.05) is 48.0 Å². The van der Waals surface area contributed by atoms with Gasteiger partial charge in [0.15, 0.2) is 0 Å². The Morgan fingerprint density at radius 2 is 1.76 bits per heavy atom. The number of carbonyl (C=O) groups is 2. The number of fused-ring (bicyclic) bond motifs is 1. The SMILES string of the molecule is O=C(CCNC(=O)c1ccccc1)OCc1sc2ccccc2c1Cl. The molecule has 0 atom stereocenters. The van der Waals surface area contributed by atoms with Crippen molar-refractivity contribution in [2.45, 2.75) is 13.0 Å². The summed E-state index contributed by atoms with van der Waals surface area (Å²) in [5, 5.41) is 4.30. The minimum atomic E-state index is -0.373. The van der Waals surface area contributed by atoms with Crippen LogP contribution in [0.3, 0.4) is 0 Å². The van der Waals surface area contributed by atoms with Gasteiger partial charge >= 0.3 is 5.97 Å². The van der Waals surface area contributed by atoms with E-state index >= 15 is 0 Å². The summed E-state index contributed by atoms with van der Waals surface area (Å²) in [5.74, 6) is -0.581. The van der Waals surface area contributed by atoms with Crippen molar-refractivity contribution in [1.29, 1.82) is 0 Å². The average molecular weight is 374 g/mol. The molecule has 0 bridgehead atoms. The molecule has 0 fully saturated rings. The first-order chi connectivity index (χ1) is 12.1. The van der Waals surface area contributed by atoms with Crippen LogP contribution in [0.5, 0.6) is 0 Å². The van der Waals surface area contributed by atoms with Crippen molar-refractivity contribution in [2.75, 3.05) is 6.54 Å². The summed E-state index contributed by atoms with van der Waals surface area (Å²) in [4.78, 5) is 24.5. The molecule has 0 aliphatic heterocycles. The lowest BCUT2D eigenvalue weighted by atomic mass is 10.2. The summed E-state index contributed by atoms with van der Waals surface area (Å²) < 4.78 is 6.33. The van der Waals surface area contributed by atoms with E-state index in [1.165, 1.54) is 11.3 Å². The number of benzene rings is 2. The van der Waals surface area contributed by atoms with E-state index in [1.807, 2.05) is 30.3 Å². The largest absolute Gasteiger partial charge is 0.460 e. The lowest BCUT2D eigenvalue weighted by Gasteiger charge is -2.06. The van der Waals surface area contributed by atoms with Gasteiger partial charge in [-0.15, -0.1) is 11.3 Å². The Hall–Kier alpha value is -2.37. The standard InChI is InChI=1S/C19H16ClNO3S/c20-18-14-8-4-5-9-15(14)25-16(18)12-24-17(22)10-11-21-19(23)13-6-2-1-3-7-13/h1-9H,10-12H2,(H,21,23). The quantitative estimate of drug-likeness (QED) is 0.651. The molecule has 2 aromatic carbocycles. The number of hydrogen-bond donors (Lipinski definition) is 1. The van der Waals surface area contributed by atoms with Crippen LogP contribution in [-0.4, -0.2) is 18.4 Å². The summed E-state index contributed by atoms with van der Waals surface area (Å²) in [5.41, 5.74) is 0.563. The van der Waals surface area contributed by atoms with Crippen LogP contribution in [0.15, 0.2) is 54.6 Å². The molecule has 4 nitrogen and oxygen atoms in total. The second-order valence-electron chi connectivity index (χ2n) is 5.37. The molecule has 3 rings (SSSR count). The first kappa shape index (κ1) is 17.5. The Bertz CT molecular complexity index is 892. The van der Waals surface area contributed by atoms with Gasteiger partial charge in [0.2, 0.25) is 0 Å². The van der Waals surface area contributed by atoms with E-state index in [9.17, 15) is 9.59 Å². The lowest BCUT2D eigenvalue weighted by molar-refractivity contribution is -0.144. The normalized spacial score (nSPS) is 10.6. The van der Waals surface area contributed by atoms with E-state index in [1.54, 1.807) is 24.3 Å². The number of carbonyl (C=O) groups excluding carboxylic acids is 2. The van der Waals surface area contributed by atoms with E-state index in [4.69, 9.17) is 16.3 Å². The maximum Gasteiger partial charge on any atom is 0.307 e. The molecule has 3 aromatic rings. The predicted molar refractivity (Wildman–Crippen MR) is 100 cm³/mol. The van der Waals surface area contributed by atoms with Gasteiger partial charge in [0, 0.05) is 22.2 Å². The highest BCUT2D eigenvalue weighted by atomic mass is 35.5. The molecule has 1 aromatic heterocycles. The fraction of sp³-hybridized carbons (Fsp3) is 0.158. The Labute approximate surface area is 154 Å². The first-order valence-electron chi connectivity index (χ1n) is 7.80. The van der Waals surface area contributed by atoms with Crippen molar-refractivity contribution in [1.82, 2.24) is 5.32 Å². The summed E-state index contributed by atoms with van der Waals surface area (Å²) in [6.45, 7) is 0.371. The van der Waals surface area contributed by atoms with Crippen molar-refractivity contribution in [2.24, 2.45) is 0 Å². The van der Waals surface area contributed by atoms with Gasteiger partial charge in [-0.3, -0.25) is 9.59 Å². The van der Waals surface area contributed by atoms with Gasteiger partial charge in [-0.25, -0.2) is 0 Å². The molecule has 0 spiro atoms. The zero-order valence-electron chi connectivity index (χ0n) is 13.3. The smallest absolute Gasteiger partial charge is 0.307 e. The number of rotatable bonds is 6. The van der Waals surface area contributed by atoms with Crippen molar-refractivity contribution >= 4 is 44.9 Å². The van der Waals surface area contributed by atoms with Gasteiger partial charge in [0.1, 0.15) is 6.61 Å². The number of nitrogens with one attached hydrogen (secondary N) is 1. The summed E-state index contributed by atoms with van der Waals surface area (Å²) in [6, 6.07) is 16.7. The van der Waals surface area contributed by atoms with Gasteiger partial charge in [0.25, 0.3) is 5.91 Å². The monoisotopic (exact) mass is 373 g/mol. The minimum absolute atomic E-state index is 0.112. The number of thiophene rings is 1. The number of esters is 1. The molecular weight excluding hydrogens is 358 g/mol. The zero-order valence-corrected chi connectivity index (χ0v) is 14.9. The summed E-state index contributed by atoms with van der Waals surface area (Å²) in [7, 11) is 0. The van der Waals surface area contributed by atoms with E-state index in [0.717, 1.165) is 15.0 Å². The second kappa shape index (κ2) is 8.14. The first-order valence-corrected chi connectivity index (χ1v) is 8.99. The molecule has 0 aliphatic carbocycles. The van der Waals surface area contributed by atoms with Crippen molar-refractivity contribution in [3.63, 3.8) is 0 Å². The Morgan fingerprint density at radius 3 is 2.52 bits per heavy atom. The number of halogens is 1. The van der Waals surface area contributed by atoms with Crippen molar-refractivity contribution < 1.29 is 14.3 Å². The molecule has 1 N–H and O–H groups in total. The molecule has 128 valence electrons. The summed E-state index contributed by atoms with van der Waals surface area (Å²) >= 11 is 7.83. The van der Waals surface area contributed by atoms with Gasteiger partial charge in [-0.2, -0.15) is 0 Å². The van der Waals surface area contributed by atoms with Crippen LogP contribution in [0, 0.1) is 0 Å². The topological polar surface area (TPSA) is 55.4 Å². The van der Waals surface area contributed by atoms with Crippen LogP contribution in [-0.2, 0) is 16.1 Å². The maximum absolute atomic E-state index is 11.9. The summed E-state index contributed by atoms with van der Waals surface area (Å²) in [6.07, 6.45) is 0.112. The Balaban J connectivity index is 1.46. The fourth-order valence-corrected chi connectivity index (χ4v) is 3.75. The third-order valence-electron chi connectivity index (χ3n) is 3.62. The lowest BCUT2D eigenvalue weighted by Crippen LogP contribution is -2.26. The highest BCUT2D eigenvalue weighted by Crippen LogP contribution is 2.35. The van der Waals surface area contributed by atoms with Gasteiger partial charge in [-0.05, 0) is 18.2 Å². The predicted octanol–water partition coefficient (Wildman–Crippen LogP) is 4.42. The van der Waals surface area contributed by atoms with Crippen LogP contribution in [0.4, 0.5) is 0 Å². The van der Waals surface area contributed by atoms with E-state index in [0.29, 0.717) is 10.6 Å². The Kier molecular flexibility index (Phi) is 5.68. The van der Waals surface area contributed by atoms with E-state index in [2.05, 4.69) is 5.32 Å². The molecule has 6 heteroatoms. The minimum Gasteiger partial charge on any atom is -0.460 e. The number of amides is 1. The zero-order chi connectivity index (χ0) is 17.6. The Morgan fingerprint density at radius 1 is 1.04 bits per heavy atom. The molecular formula is C19H16ClNO3S. The van der Waals surface area contributed by atoms with Crippen molar-refractivity contribution in [3.8, 4) is 0 Å². The molecule has 0 saturated carbocycles. The molecule has 0 aliphatic rings. The van der Waals surface area contributed by atoms with Gasteiger partial charge in [0.05, 0.1) is 16.3 Å². The molecule has 0 saturated heterocycles. The van der Waals surface area contributed by atoms with E-state index in [-0.39, 0.29) is 31.4 Å². The van der Waals surface area contributed by atoms with Crippen molar-refractivity contribution in [3.05, 3.63) is 70.1 Å². The molecule has 0 unspecified atom stereocenters. The fourth-order valence-electron chi connectivity index (χ4n) is 2.35. The third kappa shape index (κ3) is 4.38. The van der Waals surface area contributed by atoms with Crippen LogP contribution >= 0.6 is 22.9 Å². The third-order valence-corrected chi connectivity index (χ3v) is 5.30. The van der Waals surface area contributed by atoms with Crippen LogP contribution in [0.2, 0.25) is 5.02 Å². The number of ether oxygens (including phenoxy) is 1. The molecule has 1 amide bonds. The second-order valence-corrected chi connectivity index (χ2v) is 6.88. The molecule has 0 radical (unpaired) electrons. The molecule has 25 heavy (non-hydrogen) atoms. The average Bonchev–Trinajstić information content (AvgIpc) is 2.97. The van der Waals surface area contributed by atoms with E-state index < -0.39 is 0 Å². The number of hydrogen-bond acceptors (Lipinski definition) is 4. The molecule has 1 heterocycles. The van der Waals surface area contributed by atoms with Crippen LogP contribution < -0.4 is 5.32 Å². The highest BCUT2D eigenvalue weighted by Gasteiger charge is 2.12. The van der Waals surface area contributed by atoms with Crippen LogP contribution in [0.1, 0.15) is 21.7 Å². The van der Waals surface area contributed by atoms with Gasteiger partial charge < -0.3 is 10.1 Å².